The Morgan fingerprint density at radius 1 is 1.18 bits per heavy atom. The SMILES string of the molecule is COC(=O)[C@H](OC(=O)c1nn(CC2CCCCC2)c2ccccc12)C(C)(C)C. The number of benzene rings is 1. The van der Waals surface area contributed by atoms with E-state index >= 15 is 0 Å². The maximum Gasteiger partial charge on any atom is 0.360 e. The van der Waals surface area contributed by atoms with Crippen molar-refractivity contribution in [3.63, 3.8) is 0 Å². The van der Waals surface area contributed by atoms with E-state index in [0.717, 1.165) is 17.4 Å². The number of fused-ring (bicyclic) bond motifs is 1. The Hall–Kier alpha value is -2.37. The Labute approximate surface area is 166 Å². The molecule has 0 spiro atoms. The lowest BCUT2D eigenvalue weighted by molar-refractivity contribution is -0.156. The zero-order chi connectivity index (χ0) is 20.3. The predicted octanol–water partition coefficient (Wildman–Crippen LogP) is 4.36. The number of ether oxygens (including phenoxy) is 2. The Morgan fingerprint density at radius 3 is 2.50 bits per heavy atom. The number of para-hydroxylation sites is 1. The minimum Gasteiger partial charge on any atom is -0.466 e. The number of hydrogen-bond acceptors (Lipinski definition) is 5. The van der Waals surface area contributed by atoms with Crippen molar-refractivity contribution in [3.8, 4) is 0 Å². The first-order valence-electron chi connectivity index (χ1n) is 10.1. The molecule has 1 heterocycles. The summed E-state index contributed by atoms with van der Waals surface area (Å²) in [4.78, 5) is 25.1. The Morgan fingerprint density at radius 2 is 1.86 bits per heavy atom. The summed E-state index contributed by atoms with van der Waals surface area (Å²) in [6.45, 7) is 6.30. The average molecular weight is 386 g/mol. The van der Waals surface area contributed by atoms with Crippen molar-refractivity contribution >= 4 is 22.8 Å². The van der Waals surface area contributed by atoms with Crippen molar-refractivity contribution in [1.29, 1.82) is 0 Å². The van der Waals surface area contributed by atoms with Crippen LogP contribution < -0.4 is 0 Å². The van der Waals surface area contributed by atoms with E-state index in [0.29, 0.717) is 5.92 Å². The molecule has 1 fully saturated rings. The van der Waals surface area contributed by atoms with E-state index in [9.17, 15) is 9.59 Å². The van der Waals surface area contributed by atoms with E-state index in [1.165, 1.54) is 39.2 Å². The molecule has 6 nitrogen and oxygen atoms in total. The monoisotopic (exact) mass is 386 g/mol. The highest BCUT2D eigenvalue weighted by molar-refractivity contribution is 6.02. The number of nitrogens with zero attached hydrogens (tertiary/aromatic N) is 2. The summed E-state index contributed by atoms with van der Waals surface area (Å²) in [7, 11) is 1.29. The molecule has 0 aliphatic heterocycles. The average Bonchev–Trinajstić information content (AvgIpc) is 3.04. The summed E-state index contributed by atoms with van der Waals surface area (Å²) in [6, 6.07) is 7.68. The number of esters is 2. The number of aromatic nitrogens is 2. The van der Waals surface area contributed by atoms with Gasteiger partial charge in [0, 0.05) is 17.3 Å². The molecule has 2 aromatic rings. The third kappa shape index (κ3) is 4.37. The van der Waals surface area contributed by atoms with Crippen molar-refractivity contribution in [2.24, 2.45) is 11.3 Å². The van der Waals surface area contributed by atoms with Crippen LogP contribution in [-0.4, -0.2) is 34.9 Å². The minimum atomic E-state index is -0.993. The maximum absolute atomic E-state index is 12.9. The van der Waals surface area contributed by atoms with Crippen LogP contribution in [-0.2, 0) is 20.8 Å². The van der Waals surface area contributed by atoms with Gasteiger partial charge in [-0.25, -0.2) is 9.59 Å². The van der Waals surface area contributed by atoms with Crippen LogP contribution in [0.15, 0.2) is 24.3 Å². The lowest BCUT2D eigenvalue weighted by Crippen LogP contribution is -2.39. The van der Waals surface area contributed by atoms with Gasteiger partial charge in [0.1, 0.15) is 0 Å². The van der Waals surface area contributed by atoms with E-state index < -0.39 is 23.5 Å². The van der Waals surface area contributed by atoms with Crippen LogP contribution in [0.5, 0.6) is 0 Å². The maximum atomic E-state index is 12.9. The molecule has 152 valence electrons. The molecule has 28 heavy (non-hydrogen) atoms. The molecule has 1 aliphatic carbocycles. The molecule has 1 atom stereocenters. The molecule has 1 saturated carbocycles. The third-order valence-corrected chi connectivity index (χ3v) is 5.43. The van der Waals surface area contributed by atoms with E-state index in [2.05, 4.69) is 5.10 Å². The van der Waals surface area contributed by atoms with Crippen LogP contribution in [0.3, 0.4) is 0 Å². The van der Waals surface area contributed by atoms with Gasteiger partial charge in [-0.05, 0) is 24.8 Å². The molecule has 0 N–H and O–H groups in total. The molecule has 0 amide bonds. The summed E-state index contributed by atoms with van der Waals surface area (Å²) in [5.74, 6) is -0.575. The molecule has 0 radical (unpaired) electrons. The highest BCUT2D eigenvalue weighted by atomic mass is 16.6. The summed E-state index contributed by atoms with van der Waals surface area (Å²) < 4.78 is 12.3. The third-order valence-electron chi connectivity index (χ3n) is 5.43. The molecule has 6 heteroatoms. The van der Waals surface area contributed by atoms with E-state index in [1.54, 1.807) is 0 Å². The molecule has 0 bridgehead atoms. The smallest absolute Gasteiger partial charge is 0.360 e. The molecule has 1 aromatic heterocycles. The highest BCUT2D eigenvalue weighted by Gasteiger charge is 2.37. The highest BCUT2D eigenvalue weighted by Crippen LogP contribution is 2.29. The quantitative estimate of drug-likeness (QED) is 0.714. The second-order valence-corrected chi connectivity index (χ2v) is 8.73. The summed E-state index contributed by atoms with van der Waals surface area (Å²) in [5.41, 5.74) is 0.596. The van der Waals surface area contributed by atoms with Crippen LogP contribution >= 0.6 is 0 Å². The number of rotatable bonds is 5. The first-order chi connectivity index (χ1) is 13.3. The molecule has 1 aromatic carbocycles. The summed E-state index contributed by atoms with van der Waals surface area (Å²) in [6.07, 6.45) is 5.21. The standard InChI is InChI=1S/C22H30N2O4/c1-22(2,3)19(21(26)27-4)28-20(25)18-16-12-8-9-13-17(16)24(23-18)14-15-10-6-5-7-11-15/h8-9,12-13,15,19H,5-7,10-11,14H2,1-4H3/t19-/m0/s1. The summed E-state index contributed by atoms with van der Waals surface area (Å²) >= 11 is 0. The van der Waals surface area contributed by atoms with Crippen LogP contribution in [0, 0.1) is 11.3 Å². The van der Waals surface area contributed by atoms with Crippen LogP contribution in [0.1, 0.15) is 63.4 Å². The van der Waals surface area contributed by atoms with Gasteiger partial charge in [-0.15, -0.1) is 0 Å². The molecule has 0 saturated heterocycles. The van der Waals surface area contributed by atoms with Gasteiger partial charge in [-0.2, -0.15) is 5.10 Å². The molecule has 0 unspecified atom stereocenters. The topological polar surface area (TPSA) is 70.4 Å². The fourth-order valence-electron chi connectivity index (χ4n) is 3.88. The van der Waals surface area contributed by atoms with Gasteiger partial charge in [0.2, 0.25) is 6.10 Å². The number of carbonyl (C=O) groups excluding carboxylic acids is 2. The zero-order valence-corrected chi connectivity index (χ0v) is 17.2. The van der Waals surface area contributed by atoms with E-state index in [4.69, 9.17) is 9.47 Å². The van der Waals surface area contributed by atoms with E-state index in [-0.39, 0.29) is 5.69 Å². The lowest BCUT2D eigenvalue weighted by Gasteiger charge is -2.27. The predicted molar refractivity (Wildman–Crippen MR) is 107 cm³/mol. The first kappa shape index (κ1) is 20.4. The largest absolute Gasteiger partial charge is 0.466 e. The fraction of sp³-hybridized carbons (Fsp3) is 0.591. The number of hydrogen-bond donors (Lipinski definition) is 0. The van der Waals surface area contributed by atoms with Gasteiger partial charge >= 0.3 is 11.9 Å². The minimum absolute atomic E-state index is 0.254. The van der Waals surface area contributed by atoms with Crippen LogP contribution in [0.25, 0.3) is 10.9 Å². The molecule has 3 rings (SSSR count). The van der Waals surface area contributed by atoms with Crippen molar-refractivity contribution in [1.82, 2.24) is 9.78 Å². The second kappa shape index (κ2) is 8.33. The zero-order valence-electron chi connectivity index (χ0n) is 17.2. The van der Waals surface area contributed by atoms with Gasteiger partial charge in [0.05, 0.1) is 12.6 Å². The van der Waals surface area contributed by atoms with Gasteiger partial charge < -0.3 is 9.47 Å². The molecular formula is C22H30N2O4. The number of carbonyl (C=O) groups is 2. The van der Waals surface area contributed by atoms with Gasteiger partial charge in [-0.3, -0.25) is 4.68 Å². The second-order valence-electron chi connectivity index (χ2n) is 8.73. The van der Waals surface area contributed by atoms with Gasteiger partial charge in [0.15, 0.2) is 5.69 Å². The van der Waals surface area contributed by atoms with Crippen LogP contribution in [0.4, 0.5) is 0 Å². The van der Waals surface area contributed by atoms with Crippen molar-refractivity contribution in [3.05, 3.63) is 30.0 Å². The molecular weight excluding hydrogens is 356 g/mol. The Bertz CT molecular complexity index is 844. The Balaban J connectivity index is 1.89. The Kier molecular flexibility index (Phi) is 6.06. The van der Waals surface area contributed by atoms with Crippen molar-refractivity contribution in [2.75, 3.05) is 7.11 Å². The normalized spacial score (nSPS) is 16.7. The first-order valence-corrected chi connectivity index (χ1v) is 10.1. The molecule has 1 aliphatic rings. The van der Waals surface area contributed by atoms with Crippen molar-refractivity contribution in [2.45, 2.75) is 65.5 Å². The summed E-state index contributed by atoms with van der Waals surface area (Å²) in [5, 5.41) is 5.34. The van der Waals surface area contributed by atoms with E-state index in [1.807, 2.05) is 49.7 Å². The lowest BCUT2D eigenvalue weighted by atomic mass is 9.89. The van der Waals surface area contributed by atoms with Gasteiger partial charge in [-0.1, -0.05) is 58.2 Å². The number of methoxy groups -OCH3 is 1. The van der Waals surface area contributed by atoms with Gasteiger partial charge in [0.25, 0.3) is 0 Å². The van der Waals surface area contributed by atoms with Crippen molar-refractivity contribution < 1.29 is 19.1 Å². The fourth-order valence-corrected chi connectivity index (χ4v) is 3.88. The van der Waals surface area contributed by atoms with Crippen LogP contribution in [0.2, 0.25) is 0 Å².